The zero-order valence-electron chi connectivity index (χ0n) is 26.7. The minimum absolute atomic E-state index is 0.167. The van der Waals surface area contributed by atoms with Crippen LogP contribution in [0.3, 0.4) is 0 Å². The van der Waals surface area contributed by atoms with E-state index < -0.39 is 124 Å². The summed E-state index contributed by atoms with van der Waals surface area (Å²) in [6, 6.07) is -0.409. The summed E-state index contributed by atoms with van der Waals surface area (Å²) in [7, 11) is 0. The van der Waals surface area contributed by atoms with Gasteiger partial charge in [0.25, 0.3) is 5.91 Å². The minimum Gasteiger partial charge on any atom is -0.445 e. The van der Waals surface area contributed by atoms with Crippen LogP contribution in [0.4, 0.5) is 121 Å². The molecule has 0 atom stereocenters. The number of nitrogens with zero attached hydrogens (tertiary/aromatic N) is 2. The molecule has 330 valence electrons. The number of halogens is 25. The van der Waals surface area contributed by atoms with Crippen molar-refractivity contribution >= 4 is 35.4 Å². The van der Waals surface area contributed by atoms with Crippen molar-refractivity contribution in [1.29, 1.82) is 0 Å². The van der Waals surface area contributed by atoms with Crippen molar-refractivity contribution in [3.8, 4) is 0 Å². The molecule has 0 aromatic heterocycles. The van der Waals surface area contributed by atoms with Gasteiger partial charge in [0.1, 0.15) is 0 Å². The predicted octanol–water partition coefficient (Wildman–Crippen LogP) is 9.19. The number of isocyanates is 2. The fraction of sp³-hybridized carbons (Fsp3) is 0.600. The number of alkyl halides is 25. The molecule has 0 fully saturated rings. The standard InChI is InChI=1S/C25H10F25N3O5/c1-7-9(51-4-54)3-10(52-5-55)12(11(7)13(57)53-6-58-8(2)56)14(26,27)15(28,29)16(30,31)17(32,33)18(34,35)19(36,37)20(38,39)21(40,41)22(42,43)23(44,45)24(46,47)25(48,49)50/h3H,6H2,1-2H3,(H,53,57). The monoisotopic (exact) mass is 907 g/mol. The SMILES string of the molecule is CC(=O)OCNC(=O)c1c(C)c(N=C=O)cc(N=C=O)c1C(F)(F)C(F)(F)C(F)(F)C(F)(F)C(F)(F)C(F)(F)C(F)(F)C(F)(F)C(F)(F)C(F)(F)C(F)(F)C(F)(F)F. The van der Waals surface area contributed by atoms with E-state index in [9.17, 15) is 111 Å². The van der Waals surface area contributed by atoms with E-state index in [1.54, 1.807) is 0 Å². The molecule has 0 radical (unpaired) electrons. The van der Waals surface area contributed by atoms with Crippen molar-refractivity contribution < 1.29 is 134 Å². The van der Waals surface area contributed by atoms with Crippen molar-refractivity contribution in [1.82, 2.24) is 5.32 Å². The number of hydrogen-bond donors (Lipinski definition) is 1. The lowest BCUT2D eigenvalue weighted by Crippen LogP contribution is -2.78. The molecule has 8 nitrogen and oxygen atoms in total. The second kappa shape index (κ2) is 14.8. The minimum atomic E-state index is -9.82. The molecule has 0 bridgehead atoms. The smallest absolute Gasteiger partial charge is 0.445 e. The molecule has 0 aliphatic heterocycles. The molecule has 0 spiro atoms. The van der Waals surface area contributed by atoms with E-state index in [4.69, 9.17) is 0 Å². The Morgan fingerprint density at radius 3 is 1.17 bits per heavy atom. The maximum atomic E-state index is 15.5. The molecule has 0 unspecified atom stereocenters. The Morgan fingerprint density at radius 2 is 0.862 bits per heavy atom. The highest BCUT2D eigenvalue weighted by Crippen LogP contribution is 2.68. The van der Waals surface area contributed by atoms with Crippen LogP contribution in [0.5, 0.6) is 0 Å². The first-order valence-corrected chi connectivity index (χ1v) is 13.4. The third-order valence-corrected chi connectivity index (χ3v) is 7.22. The zero-order valence-corrected chi connectivity index (χ0v) is 26.7. The Morgan fingerprint density at radius 1 is 0.552 bits per heavy atom. The van der Waals surface area contributed by atoms with E-state index in [1.165, 1.54) is 5.32 Å². The zero-order chi connectivity index (χ0) is 46.7. The molecule has 33 heteroatoms. The quantitative estimate of drug-likeness (QED) is 0.0585. The number of rotatable bonds is 16. The predicted molar refractivity (Wildman–Crippen MR) is 130 cm³/mol. The van der Waals surface area contributed by atoms with Gasteiger partial charge >= 0.3 is 77.3 Å². The second-order valence-electron chi connectivity index (χ2n) is 10.8. The van der Waals surface area contributed by atoms with Crippen molar-refractivity contribution in [2.24, 2.45) is 9.98 Å². The first-order chi connectivity index (χ1) is 25.4. The number of hydrogen-bond acceptors (Lipinski definition) is 7. The van der Waals surface area contributed by atoms with Gasteiger partial charge < -0.3 is 10.1 Å². The summed E-state index contributed by atoms with van der Waals surface area (Å²) in [5.74, 6) is -106. The van der Waals surface area contributed by atoms with Crippen LogP contribution < -0.4 is 5.32 Å². The molecule has 1 amide bonds. The number of carbonyl (C=O) groups excluding carboxylic acids is 4. The van der Waals surface area contributed by atoms with E-state index in [0.29, 0.717) is 13.0 Å². The summed E-state index contributed by atoms with van der Waals surface area (Å²) in [5.41, 5.74) is -11.3. The molecule has 1 aromatic carbocycles. The van der Waals surface area contributed by atoms with E-state index >= 15 is 17.6 Å². The van der Waals surface area contributed by atoms with Gasteiger partial charge in [-0.05, 0) is 18.6 Å². The number of ether oxygens (including phenoxy) is 1. The summed E-state index contributed by atoms with van der Waals surface area (Å²) in [6.45, 7) is -0.841. The molecule has 0 aliphatic rings. The van der Waals surface area contributed by atoms with Gasteiger partial charge in [-0.3, -0.25) is 9.59 Å². The van der Waals surface area contributed by atoms with Gasteiger partial charge in [-0.15, -0.1) is 0 Å². The van der Waals surface area contributed by atoms with Gasteiger partial charge in [0.15, 0.2) is 6.73 Å². The number of nitrogens with one attached hydrogen (secondary N) is 1. The average molecular weight is 907 g/mol. The molecule has 0 saturated heterocycles. The number of aliphatic imine (C=N–C) groups is 2. The number of amides is 1. The van der Waals surface area contributed by atoms with Crippen LogP contribution in [0.1, 0.15) is 28.4 Å². The third kappa shape index (κ3) is 6.95. The average Bonchev–Trinajstić information content (AvgIpc) is 3.04. The van der Waals surface area contributed by atoms with Gasteiger partial charge in [0.05, 0.1) is 22.5 Å². The topological polar surface area (TPSA) is 114 Å². The summed E-state index contributed by atoms with van der Waals surface area (Å²) in [4.78, 5) is 49.9. The molecule has 1 N–H and O–H groups in total. The molecule has 1 aromatic rings. The molecule has 1 rings (SSSR count). The van der Waals surface area contributed by atoms with Crippen LogP contribution in [-0.2, 0) is 25.0 Å². The molecular weight excluding hydrogens is 897 g/mol. The van der Waals surface area contributed by atoms with E-state index in [1.807, 2.05) is 0 Å². The normalized spacial score (nSPS) is 14.7. The molecular formula is C25H10F25N3O5. The Hall–Kier alpha value is -4.83. The second-order valence-corrected chi connectivity index (χ2v) is 10.8. The Labute approximate surface area is 300 Å². The summed E-state index contributed by atoms with van der Waals surface area (Å²) < 4.78 is 354. The first kappa shape index (κ1) is 51.2. The summed E-state index contributed by atoms with van der Waals surface area (Å²) >= 11 is 0. The first-order valence-electron chi connectivity index (χ1n) is 13.4. The fourth-order valence-corrected chi connectivity index (χ4v) is 4.06. The van der Waals surface area contributed by atoms with Crippen molar-refractivity contribution in [3.05, 3.63) is 22.8 Å². The Kier molecular flexibility index (Phi) is 13.0. The van der Waals surface area contributed by atoms with Crippen LogP contribution in [0.25, 0.3) is 0 Å². The highest BCUT2D eigenvalue weighted by atomic mass is 19.4. The molecule has 0 heterocycles. The molecule has 0 aliphatic carbocycles. The van der Waals surface area contributed by atoms with Gasteiger partial charge in [-0.25, -0.2) is 9.59 Å². The lowest BCUT2D eigenvalue weighted by atomic mass is 9.82. The fourth-order valence-electron chi connectivity index (χ4n) is 4.06. The van der Waals surface area contributed by atoms with Crippen LogP contribution >= 0.6 is 0 Å². The summed E-state index contributed by atoms with van der Waals surface area (Å²) in [5, 5.41) is 1.18. The van der Waals surface area contributed by atoms with Crippen molar-refractivity contribution in [2.45, 2.75) is 85.2 Å². The third-order valence-electron chi connectivity index (χ3n) is 7.22. The van der Waals surface area contributed by atoms with E-state index in [-0.39, 0.29) is 13.0 Å². The van der Waals surface area contributed by atoms with Crippen LogP contribution in [0.2, 0.25) is 0 Å². The lowest BCUT2D eigenvalue weighted by Gasteiger charge is -2.45. The maximum Gasteiger partial charge on any atom is 0.460 e. The van der Waals surface area contributed by atoms with Crippen LogP contribution in [-0.4, -0.2) is 96.2 Å². The van der Waals surface area contributed by atoms with Gasteiger partial charge in [-0.1, -0.05) is 0 Å². The maximum absolute atomic E-state index is 15.5. The molecule has 58 heavy (non-hydrogen) atoms. The van der Waals surface area contributed by atoms with E-state index in [2.05, 4.69) is 14.7 Å². The molecule has 0 saturated carbocycles. The largest absolute Gasteiger partial charge is 0.460 e. The summed E-state index contributed by atoms with van der Waals surface area (Å²) in [6.07, 6.45) is -7.54. The highest BCUT2D eigenvalue weighted by Gasteiger charge is 2.99. The van der Waals surface area contributed by atoms with Crippen LogP contribution in [0, 0.1) is 6.92 Å². The number of benzene rings is 1. The number of carbonyl (C=O) groups is 2. The van der Waals surface area contributed by atoms with Gasteiger partial charge in [0, 0.05) is 6.92 Å². The Bertz CT molecular complexity index is 1880. The van der Waals surface area contributed by atoms with Crippen molar-refractivity contribution in [3.63, 3.8) is 0 Å². The Balaban J connectivity index is 4.30. The van der Waals surface area contributed by atoms with Gasteiger partial charge in [-0.2, -0.15) is 120 Å². The van der Waals surface area contributed by atoms with Crippen molar-refractivity contribution in [2.75, 3.05) is 6.73 Å². The van der Waals surface area contributed by atoms with E-state index in [0.717, 1.165) is 0 Å². The van der Waals surface area contributed by atoms with Gasteiger partial charge in [0.2, 0.25) is 12.2 Å². The highest BCUT2D eigenvalue weighted by molar-refractivity contribution is 6.00. The number of esters is 1. The van der Waals surface area contributed by atoms with Crippen LogP contribution in [0.15, 0.2) is 16.1 Å². The lowest BCUT2D eigenvalue weighted by molar-refractivity contribution is -0.482.